The fourth-order valence-corrected chi connectivity index (χ4v) is 1.23. The summed E-state index contributed by atoms with van der Waals surface area (Å²) in [5.74, 6) is 0.315. The molecule has 0 saturated heterocycles. The van der Waals surface area contributed by atoms with E-state index in [0.29, 0.717) is 17.7 Å². The van der Waals surface area contributed by atoms with Crippen molar-refractivity contribution in [3.8, 4) is 0 Å². The smallest absolute Gasteiger partial charge is 0.292 e. The van der Waals surface area contributed by atoms with Crippen molar-refractivity contribution in [2.75, 3.05) is 5.73 Å². The number of nitrogen functional groups attached to an aromatic ring is 1. The summed E-state index contributed by atoms with van der Waals surface area (Å²) in [5, 5.41) is 0. The lowest BCUT2D eigenvalue weighted by Gasteiger charge is -1.98. The van der Waals surface area contributed by atoms with Gasteiger partial charge in [0.1, 0.15) is 11.6 Å². The maximum Gasteiger partial charge on any atom is 0.292 e. The van der Waals surface area contributed by atoms with Gasteiger partial charge in [0.15, 0.2) is 0 Å². The van der Waals surface area contributed by atoms with Crippen LogP contribution in [0.25, 0.3) is 0 Å². The Bertz CT molecular complexity index is 439. The number of nitrogens with two attached hydrogens (primary N) is 1. The number of benzene rings is 1. The van der Waals surface area contributed by atoms with Gasteiger partial charge in [0.05, 0.1) is 6.20 Å². The zero-order valence-corrected chi connectivity index (χ0v) is 7.40. The van der Waals surface area contributed by atoms with Crippen molar-refractivity contribution < 1.29 is 8.81 Å². The minimum absolute atomic E-state index is 0.108. The van der Waals surface area contributed by atoms with Crippen LogP contribution in [0.5, 0.6) is 0 Å². The number of hydrogen-bond acceptors (Lipinski definition) is 3. The molecule has 1 aromatic heterocycles. The summed E-state index contributed by atoms with van der Waals surface area (Å²) in [6.07, 6.45) is 1.87. The standard InChI is InChI=1S/C10H9FN2O/c11-9-4-2-1-3-7(9)5-8-6-13-10(12)14-8/h1-4,6H,5H2,(H2,12,13). The molecule has 4 heteroatoms. The minimum atomic E-state index is -0.248. The van der Waals surface area contributed by atoms with Gasteiger partial charge in [-0.15, -0.1) is 0 Å². The second kappa shape index (κ2) is 3.49. The van der Waals surface area contributed by atoms with E-state index >= 15 is 0 Å². The van der Waals surface area contributed by atoms with Crippen molar-refractivity contribution in [2.24, 2.45) is 0 Å². The van der Waals surface area contributed by atoms with E-state index in [9.17, 15) is 4.39 Å². The fourth-order valence-electron chi connectivity index (χ4n) is 1.23. The molecule has 72 valence electrons. The van der Waals surface area contributed by atoms with Crippen molar-refractivity contribution in [3.63, 3.8) is 0 Å². The Hall–Kier alpha value is -1.84. The number of rotatable bonds is 2. The predicted molar refractivity (Wildman–Crippen MR) is 50.1 cm³/mol. The molecule has 3 nitrogen and oxygen atoms in total. The van der Waals surface area contributed by atoms with E-state index < -0.39 is 0 Å². The number of nitrogens with zero attached hydrogens (tertiary/aromatic N) is 1. The summed E-state index contributed by atoms with van der Waals surface area (Å²) < 4.78 is 18.2. The Morgan fingerprint density at radius 3 is 2.79 bits per heavy atom. The van der Waals surface area contributed by atoms with E-state index in [4.69, 9.17) is 10.2 Å². The summed E-state index contributed by atoms with van der Waals surface area (Å²) in [6, 6.07) is 6.64. The molecule has 0 aliphatic heterocycles. The van der Waals surface area contributed by atoms with Crippen LogP contribution in [0.15, 0.2) is 34.9 Å². The van der Waals surface area contributed by atoms with Crippen molar-refractivity contribution in [1.29, 1.82) is 0 Å². The summed E-state index contributed by atoms with van der Waals surface area (Å²) in [5.41, 5.74) is 5.87. The fraction of sp³-hybridized carbons (Fsp3) is 0.100. The lowest BCUT2D eigenvalue weighted by atomic mass is 10.1. The maximum atomic E-state index is 13.2. The van der Waals surface area contributed by atoms with E-state index in [0.717, 1.165) is 0 Å². The Morgan fingerprint density at radius 1 is 1.36 bits per heavy atom. The highest BCUT2D eigenvalue weighted by Gasteiger charge is 2.05. The summed E-state index contributed by atoms with van der Waals surface area (Å²) in [7, 11) is 0. The van der Waals surface area contributed by atoms with Gasteiger partial charge in [-0.05, 0) is 11.6 Å². The van der Waals surface area contributed by atoms with Crippen LogP contribution in [-0.2, 0) is 6.42 Å². The average molecular weight is 192 g/mol. The molecule has 0 fully saturated rings. The molecule has 2 rings (SSSR count). The van der Waals surface area contributed by atoms with Gasteiger partial charge in [0.25, 0.3) is 6.01 Å². The molecule has 0 spiro atoms. The first-order valence-corrected chi connectivity index (χ1v) is 4.19. The normalized spacial score (nSPS) is 10.4. The van der Waals surface area contributed by atoms with Crippen LogP contribution < -0.4 is 5.73 Å². The Kier molecular flexibility index (Phi) is 2.18. The molecule has 0 unspecified atom stereocenters. The predicted octanol–water partition coefficient (Wildman–Crippen LogP) is 1.99. The van der Waals surface area contributed by atoms with E-state index in [2.05, 4.69) is 4.98 Å². The van der Waals surface area contributed by atoms with Crippen LogP contribution in [0.2, 0.25) is 0 Å². The summed E-state index contributed by atoms with van der Waals surface area (Å²) >= 11 is 0. The second-order valence-electron chi connectivity index (χ2n) is 2.93. The summed E-state index contributed by atoms with van der Waals surface area (Å²) in [4.78, 5) is 3.73. The molecule has 0 aliphatic carbocycles. The van der Waals surface area contributed by atoms with Crippen molar-refractivity contribution in [1.82, 2.24) is 4.98 Å². The van der Waals surface area contributed by atoms with E-state index in [-0.39, 0.29) is 11.8 Å². The van der Waals surface area contributed by atoms with Crippen LogP contribution in [0.1, 0.15) is 11.3 Å². The van der Waals surface area contributed by atoms with Crippen LogP contribution in [-0.4, -0.2) is 4.98 Å². The third-order valence-electron chi connectivity index (χ3n) is 1.89. The molecular formula is C10H9FN2O. The monoisotopic (exact) mass is 192 g/mol. The molecule has 0 atom stereocenters. The quantitative estimate of drug-likeness (QED) is 0.791. The zero-order valence-electron chi connectivity index (χ0n) is 7.40. The van der Waals surface area contributed by atoms with Crippen LogP contribution in [0.3, 0.4) is 0 Å². The molecule has 0 bridgehead atoms. The largest absolute Gasteiger partial charge is 0.429 e. The maximum absolute atomic E-state index is 13.2. The molecule has 0 aliphatic rings. The molecule has 14 heavy (non-hydrogen) atoms. The Labute approximate surface area is 80.4 Å². The van der Waals surface area contributed by atoms with Gasteiger partial charge < -0.3 is 10.2 Å². The third-order valence-corrected chi connectivity index (χ3v) is 1.89. The van der Waals surface area contributed by atoms with E-state index in [1.54, 1.807) is 18.2 Å². The third kappa shape index (κ3) is 1.74. The van der Waals surface area contributed by atoms with Gasteiger partial charge >= 0.3 is 0 Å². The molecule has 2 N–H and O–H groups in total. The zero-order chi connectivity index (χ0) is 9.97. The van der Waals surface area contributed by atoms with Gasteiger partial charge in [-0.1, -0.05) is 18.2 Å². The molecular weight excluding hydrogens is 183 g/mol. The van der Waals surface area contributed by atoms with Crippen molar-refractivity contribution in [2.45, 2.75) is 6.42 Å². The topological polar surface area (TPSA) is 52.0 Å². The molecule has 1 heterocycles. The first-order valence-electron chi connectivity index (χ1n) is 4.19. The highest BCUT2D eigenvalue weighted by Crippen LogP contribution is 2.14. The molecule has 0 amide bonds. The molecule has 2 aromatic rings. The van der Waals surface area contributed by atoms with Crippen LogP contribution in [0.4, 0.5) is 10.4 Å². The molecule has 0 saturated carbocycles. The SMILES string of the molecule is Nc1ncc(Cc2ccccc2F)o1. The summed E-state index contributed by atoms with van der Waals surface area (Å²) in [6.45, 7) is 0. The van der Waals surface area contributed by atoms with Gasteiger partial charge in [0.2, 0.25) is 0 Å². The van der Waals surface area contributed by atoms with Gasteiger partial charge in [-0.2, -0.15) is 0 Å². The van der Waals surface area contributed by atoms with Crippen molar-refractivity contribution >= 4 is 6.01 Å². The Balaban J connectivity index is 2.23. The van der Waals surface area contributed by atoms with Gasteiger partial charge in [-0.3, -0.25) is 0 Å². The first kappa shape index (κ1) is 8.74. The highest BCUT2D eigenvalue weighted by molar-refractivity contribution is 5.23. The molecule has 1 aromatic carbocycles. The van der Waals surface area contributed by atoms with Crippen LogP contribution >= 0.6 is 0 Å². The van der Waals surface area contributed by atoms with Gasteiger partial charge in [-0.25, -0.2) is 9.37 Å². The van der Waals surface area contributed by atoms with E-state index in [1.165, 1.54) is 12.3 Å². The number of oxazole rings is 1. The number of anilines is 1. The first-order chi connectivity index (χ1) is 6.75. The minimum Gasteiger partial charge on any atom is -0.429 e. The molecule has 0 radical (unpaired) electrons. The van der Waals surface area contributed by atoms with Gasteiger partial charge in [0, 0.05) is 6.42 Å². The lowest BCUT2D eigenvalue weighted by Crippen LogP contribution is -1.90. The number of hydrogen-bond donors (Lipinski definition) is 1. The second-order valence-corrected chi connectivity index (χ2v) is 2.93. The average Bonchev–Trinajstić information content (AvgIpc) is 2.56. The van der Waals surface area contributed by atoms with E-state index in [1.807, 2.05) is 0 Å². The Morgan fingerprint density at radius 2 is 2.14 bits per heavy atom. The lowest BCUT2D eigenvalue weighted by molar-refractivity contribution is 0.527. The number of aromatic nitrogens is 1. The highest BCUT2D eigenvalue weighted by atomic mass is 19.1. The van der Waals surface area contributed by atoms with Crippen LogP contribution in [0, 0.1) is 5.82 Å². The number of halogens is 1. The van der Waals surface area contributed by atoms with Crippen molar-refractivity contribution in [3.05, 3.63) is 47.6 Å².